The number of nitrogens with two attached hydrogens (primary N) is 1. The molecule has 0 bridgehead atoms. The monoisotopic (exact) mass is 357 g/mol. The van der Waals surface area contributed by atoms with Crippen LogP contribution in [0, 0.1) is 0 Å². The molecule has 0 rings (SSSR count). The molecule has 11 heteroatoms. The maximum atomic E-state index is 11.7. The van der Waals surface area contributed by atoms with Crippen LogP contribution in [0.1, 0.15) is 26.7 Å². The van der Waals surface area contributed by atoms with Gasteiger partial charge in [0.2, 0.25) is 0 Å². The average Bonchev–Trinajstić information content (AvgIpc) is 2.47. The Morgan fingerprint density at radius 2 is 1.17 bits per heavy atom. The Kier molecular flexibility index (Phi) is 12.4. The lowest BCUT2D eigenvalue weighted by atomic mass is 10.5. The maximum Gasteiger partial charge on any atom is 0.508 e. The molecule has 23 heavy (non-hydrogen) atoms. The van der Waals surface area contributed by atoms with Gasteiger partial charge in [-0.05, 0) is 13.8 Å². The highest BCUT2D eigenvalue weighted by atomic mass is 31.2. The molecule has 0 atom stereocenters. The number of hydrogen-bond acceptors (Lipinski definition) is 9. The summed E-state index contributed by atoms with van der Waals surface area (Å²) in [5, 5.41) is 0. The lowest BCUT2D eigenvalue weighted by molar-refractivity contribution is 0.0542. The van der Waals surface area contributed by atoms with Crippen LogP contribution in [0.5, 0.6) is 0 Å². The Morgan fingerprint density at radius 1 is 0.783 bits per heavy atom. The van der Waals surface area contributed by atoms with Crippen LogP contribution in [0.2, 0.25) is 0 Å². The molecule has 0 fully saturated rings. The summed E-state index contributed by atoms with van der Waals surface area (Å²) in [5.41, 5.74) is 5.34. The Labute approximate surface area is 135 Å². The molecule has 0 saturated heterocycles. The third-order valence-electron chi connectivity index (χ3n) is 2.08. The molecule has 0 aromatic carbocycles. The second-order valence-electron chi connectivity index (χ2n) is 3.98. The molecular formula is C12H24NO9P. The molecule has 0 aromatic rings. The van der Waals surface area contributed by atoms with Crippen LogP contribution in [-0.4, -0.2) is 52.0 Å². The standard InChI is InChI=1S/C12H24NO9P/c1-3-17-11(14)19-7-5-9-21-23(13,16)22-10-6-8-20-12(15)18-4-2/h3-10H2,1-2H3,(H2,13,16). The van der Waals surface area contributed by atoms with Gasteiger partial charge in [0, 0.05) is 12.8 Å². The highest BCUT2D eigenvalue weighted by Crippen LogP contribution is 2.38. The van der Waals surface area contributed by atoms with Crippen LogP contribution in [0.15, 0.2) is 0 Å². The Bertz CT molecular complexity index is 359. The SMILES string of the molecule is CCOC(=O)OCCCOP(N)(=O)OCCCOC(=O)OCC. The molecule has 0 unspecified atom stereocenters. The lowest BCUT2D eigenvalue weighted by Crippen LogP contribution is -2.12. The fourth-order valence-corrected chi connectivity index (χ4v) is 2.01. The van der Waals surface area contributed by atoms with E-state index in [-0.39, 0.29) is 52.5 Å². The van der Waals surface area contributed by atoms with Crippen molar-refractivity contribution in [2.75, 3.05) is 39.6 Å². The van der Waals surface area contributed by atoms with Gasteiger partial charge in [-0.2, -0.15) is 0 Å². The van der Waals surface area contributed by atoms with Gasteiger partial charge in [0.05, 0.1) is 39.6 Å². The minimum atomic E-state index is -3.69. The van der Waals surface area contributed by atoms with Crippen molar-refractivity contribution in [3.05, 3.63) is 0 Å². The number of ether oxygens (including phenoxy) is 4. The summed E-state index contributed by atoms with van der Waals surface area (Å²) in [6, 6.07) is 0. The van der Waals surface area contributed by atoms with E-state index in [9.17, 15) is 14.2 Å². The molecule has 0 aromatic heterocycles. The van der Waals surface area contributed by atoms with E-state index in [1.165, 1.54) is 0 Å². The number of hydrogen-bond donors (Lipinski definition) is 1. The molecule has 0 saturated carbocycles. The quantitative estimate of drug-likeness (QED) is 0.315. The first-order chi connectivity index (χ1) is 10.9. The van der Waals surface area contributed by atoms with E-state index >= 15 is 0 Å². The van der Waals surface area contributed by atoms with Crippen molar-refractivity contribution in [1.82, 2.24) is 0 Å². The van der Waals surface area contributed by atoms with Gasteiger partial charge in [-0.3, -0.25) is 9.05 Å². The van der Waals surface area contributed by atoms with E-state index in [1.54, 1.807) is 13.8 Å². The van der Waals surface area contributed by atoms with E-state index in [0.717, 1.165) is 0 Å². The van der Waals surface area contributed by atoms with Crippen LogP contribution >= 0.6 is 7.75 Å². The van der Waals surface area contributed by atoms with E-state index in [0.29, 0.717) is 0 Å². The van der Waals surface area contributed by atoms with Gasteiger partial charge in [-0.15, -0.1) is 0 Å². The Balaban J connectivity index is 3.59. The summed E-state index contributed by atoms with van der Waals surface area (Å²) < 4.78 is 39.9. The first kappa shape index (κ1) is 21.6. The summed E-state index contributed by atoms with van der Waals surface area (Å²) in [6.07, 6.45) is -0.979. The van der Waals surface area contributed by atoms with E-state index < -0.39 is 20.1 Å². The molecule has 0 heterocycles. The Hall–Kier alpha value is -1.35. The zero-order chi connectivity index (χ0) is 17.6. The molecule has 0 aliphatic carbocycles. The second-order valence-corrected chi connectivity index (χ2v) is 5.57. The third kappa shape index (κ3) is 14.0. The van der Waals surface area contributed by atoms with Crippen molar-refractivity contribution in [1.29, 1.82) is 0 Å². The van der Waals surface area contributed by atoms with Gasteiger partial charge in [-0.25, -0.2) is 19.7 Å². The largest absolute Gasteiger partial charge is 0.508 e. The number of rotatable bonds is 12. The number of carbonyl (C=O) groups excluding carboxylic acids is 2. The fourth-order valence-electron chi connectivity index (χ4n) is 1.17. The van der Waals surface area contributed by atoms with Crippen molar-refractivity contribution >= 4 is 20.1 Å². The Morgan fingerprint density at radius 3 is 1.52 bits per heavy atom. The van der Waals surface area contributed by atoms with Gasteiger partial charge in [0.15, 0.2) is 0 Å². The van der Waals surface area contributed by atoms with E-state index in [1.807, 2.05) is 0 Å². The molecule has 2 N–H and O–H groups in total. The average molecular weight is 357 g/mol. The summed E-state index contributed by atoms with van der Waals surface area (Å²) in [6.45, 7) is 3.84. The highest BCUT2D eigenvalue weighted by molar-refractivity contribution is 7.51. The van der Waals surface area contributed by atoms with Gasteiger partial charge in [0.25, 0.3) is 0 Å². The minimum absolute atomic E-state index is 0.00743. The predicted octanol–water partition coefficient (Wildman–Crippen LogP) is 2.21. The lowest BCUT2D eigenvalue weighted by Gasteiger charge is -2.13. The highest BCUT2D eigenvalue weighted by Gasteiger charge is 2.17. The predicted molar refractivity (Wildman–Crippen MR) is 78.9 cm³/mol. The van der Waals surface area contributed by atoms with Gasteiger partial charge in [0.1, 0.15) is 0 Å². The van der Waals surface area contributed by atoms with Crippen molar-refractivity contribution in [3.63, 3.8) is 0 Å². The van der Waals surface area contributed by atoms with Crippen molar-refractivity contribution < 1.29 is 42.1 Å². The molecule has 0 aliphatic rings. The topological polar surface area (TPSA) is 133 Å². The summed E-state index contributed by atoms with van der Waals surface area (Å²) in [7, 11) is -3.69. The molecular weight excluding hydrogens is 333 g/mol. The smallest absolute Gasteiger partial charge is 0.435 e. The second kappa shape index (κ2) is 13.1. The summed E-state index contributed by atoms with van der Waals surface area (Å²) in [4.78, 5) is 21.7. The zero-order valence-corrected chi connectivity index (χ0v) is 14.3. The first-order valence-corrected chi connectivity index (χ1v) is 8.79. The third-order valence-corrected chi connectivity index (χ3v) is 3.17. The zero-order valence-electron chi connectivity index (χ0n) is 13.4. The fraction of sp³-hybridized carbons (Fsp3) is 0.833. The summed E-state index contributed by atoms with van der Waals surface area (Å²) >= 11 is 0. The van der Waals surface area contributed by atoms with Crippen LogP contribution in [-0.2, 0) is 32.6 Å². The molecule has 0 amide bonds. The first-order valence-electron chi connectivity index (χ1n) is 7.18. The van der Waals surface area contributed by atoms with E-state index in [2.05, 4.69) is 18.9 Å². The van der Waals surface area contributed by atoms with E-state index in [4.69, 9.17) is 14.6 Å². The van der Waals surface area contributed by atoms with Crippen LogP contribution in [0.4, 0.5) is 9.59 Å². The van der Waals surface area contributed by atoms with Gasteiger partial charge >= 0.3 is 20.1 Å². The molecule has 10 nitrogen and oxygen atoms in total. The maximum absolute atomic E-state index is 11.7. The van der Waals surface area contributed by atoms with Crippen molar-refractivity contribution in [2.45, 2.75) is 26.7 Å². The molecule has 0 radical (unpaired) electrons. The van der Waals surface area contributed by atoms with Crippen molar-refractivity contribution in [3.8, 4) is 0 Å². The molecule has 136 valence electrons. The van der Waals surface area contributed by atoms with Crippen LogP contribution < -0.4 is 5.50 Å². The van der Waals surface area contributed by atoms with Gasteiger partial charge in [-0.1, -0.05) is 0 Å². The number of carbonyl (C=O) groups is 2. The molecule has 0 spiro atoms. The van der Waals surface area contributed by atoms with Crippen molar-refractivity contribution in [2.24, 2.45) is 5.50 Å². The molecule has 0 aliphatic heterocycles. The summed E-state index contributed by atoms with van der Waals surface area (Å²) in [5.74, 6) is 0. The normalized spacial score (nSPS) is 10.9. The van der Waals surface area contributed by atoms with Crippen LogP contribution in [0.25, 0.3) is 0 Å². The minimum Gasteiger partial charge on any atom is -0.435 e. The van der Waals surface area contributed by atoms with Gasteiger partial charge < -0.3 is 18.9 Å². The van der Waals surface area contributed by atoms with Crippen LogP contribution in [0.3, 0.4) is 0 Å².